The third-order valence-electron chi connectivity index (χ3n) is 3.03. The molecule has 0 aliphatic carbocycles. The van der Waals surface area contributed by atoms with Gasteiger partial charge in [0.25, 0.3) is 0 Å². The summed E-state index contributed by atoms with van der Waals surface area (Å²) in [5.74, 6) is 0.361. The largest absolute Gasteiger partial charge is 0.368 e. The van der Waals surface area contributed by atoms with Gasteiger partial charge in [0.1, 0.15) is 0 Å². The molecule has 0 amide bonds. The molecular formula is C16H13BrN4. The lowest BCUT2D eigenvalue weighted by atomic mass is 10.2. The second-order valence-corrected chi connectivity index (χ2v) is 5.39. The highest BCUT2D eigenvalue weighted by Crippen LogP contribution is 2.23. The summed E-state index contributed by atoms with van der Waals surface area (Å²) in [6.07, 6.45) is 3.49. The fraction of sp³-hybridized carbons (Fsp3) is 0. The minimum Gasteiger partial charge on any atom is -0.368 e. The molecule has 0 atom stereocenters. The van der Waals surface area contributed by atoms with Crippen molar-refractivity contribution < 1.29 is 0 Å². The van der Waals surface area contributed by atoms with Gasteiger partial charge in [-0.15, -0.1) is 0 Å². The molecule has 0 aliphatic heterocycles. The third-order valence-corrected chi connectivity index (χ3v) is 3.55. The van der Waals surface area contributed by atoms with E-state index in [0.29, 0.717) is 5.95 Å². The van der Waals surface area contributed by atoms with Gasteiger partial charge < -0.3 is 5.73 Å². The summed E-state index contributed by atoms with van der Waals surface area (Å²) in [7, 11) is 0. The number of hydrogen-bond donors (Lipinski definition) is 1. The lowest BCUT2D eigenvalue weighted by Gasteiger charge is -2.04. The van der Waals surface area contributed by atoms with Gasteiger partial charge in [0.05, 0.1) is 18.1 Å². The molecule has 2 aromatic carbocycles. The van der Waals surface area contributed by atoms with Crippen LogP contribution in [0.15, 0.2) is 70.4 Å². The highest BCUT2D eigenvalue weighted by atomic mass is 79.9. The van der Waals surface area contributed by atoms with Crippen LogP contribution in [0.1, 0.15) is 5.56 Å². The van der Waals surface area contributed by atoms with Crippen molar-refractivity contribution in [2.24, 2.45) is 5.10 Å². The molecule has 2 N–H and O–H groups in total. The molecule has 104 valence electrons. The SMILES string of the molecule is Nc1ncc(-c2ccc(Br)cc2)n1N=Cc1ccccc1. The molecule has 3 rings (SSSR count). The summed E-state index contributed by atoms with van der Waals surface area (Å²) in [4.78, 5) is 4.14. The van der Waals surface area contributed by atoms with Gasteiger partial charge in [0.15, 0.2) is 0 Å². The van der Waals surface area contributed by atoms with Crippen LogP contribution in [-0.4, -0.2) is 15.9 Å². The highest BCUT2D eigenvalue weighted by Gasteiger charge is 2.08. The Balaban J connectivity index is 1.98. The van der Waals surface area contributed by atoms with Gasteiger partial charge in [-0.2, -0.15) is 9.78 Å². The number of nitrogen functional groups attached to an aromatic ring is 1. The van der Waals surface area contributed by atoms with Crippen molar-refractivity contribution in [3.8, 4) is 11.3 Å². The molecule has 0 spiro atoms. The van der Waals surface area contributed by atoms with E-state index in [-0.39, 0.29) is 0 Å². The molecule has 0 fully saturated rings. The predicted octanol–water partition coefficient (Wildman–Crippen LogP) is 3.78. The zero-order chi connectivity index (χ0) is 14.7. The van der Waals surface area contributed by atoms with E-state index in [1.54, 1.807) is 17.1 Å². The summed E-state index contributed by atoms with van der Waals surface area (Å²) in [6.45, 7) is 0. The van der Waals surface area contributed by atoms with Gasteiger partial charge in [-0.05, 0) is 17.7 Å². The minimum atomic E-state index is 0.361. The van der Waals surface area contributed by atoms with E-state index >= 15 is 0 Å². The number of nitrogens with zero attached hydrogens (tertiary/aromatic N) is 3. The van der Waals surface area contributed by atoms with Crippen LogP contribution in [0.3, 0.4) is 0 Å². The van der Waals surface area contributed by atoms with E-state index in [9.17, 15) is 0 Å². The summed E-state index contributed by atoms with van der Waals surface area (Å²) in [5.41, 5.74) is 8.77. The number of imidazole rings is 1. The van der Waals surface area contributed by atoms with Crippen molar-refractivity contribution in [1.82, 2.24) is 9.66 Å². The fourth-order valence-electron chi connectivity index (χ4n) is 1.96. The maximum absolute atomic E-state index is 5.90. The van der Waals surface area contributed by atoms with Gasteiger partial charge in [-0.1, -0.05) is 58.4 Å². The van der Waals surface area contributed by atoms with Gasteiger partial charge in [0.2, 0.25) is 5.95 Å². The van der Waals surface area contributed by atoms with E-state index in [2.05, 4.69) is 26.0 Å². The first kappa shape index (κ1) is 13.6. The monoisotopic (exact) mass is 340 g/mol. The van der Waals surface area contributed by atoms with Crippen LogP contribution in [0.25, 0.3) is 11.3 Å². The summed E-state index contributed by atoms with van der Waals surface area (Å²) in [5, 5.41) is 4.43. The summed E-state index contributed by atoms with van der Waals surface area (Å²) >= 11 is 3.43. The van der Waals surface area contributed by atoms with Crippen LogP contribution >= 0.6 is 15.9 Å². The third kappa shape index (κ3) is 3.03. The molecule has 1 aromatic heterocycles. The zero-order valence-electron chi connectivity index (χ0n) is 11.1. The molecule has 21 heavy (non-hydrogen) atoms. The van der Waals surface area contributed by atoms with Gasteiger partial charge in [0, 0.05) is 10.0 Å². The van der Waals surface area contributed by atoms with E-state index in [0.717, 1.165) is 21.3 Å². The maximum Gasteiger partial charge on any atom is 0.221 e. The molecule has 1 heterocycles. The Hall–Kier alpha value is -2.40. The van der Waals surface area contributed by atoms with Gasteiger partial charge >= 0.3 is 0 Å². The van der Waals surface area contributed by atoms with Crippen molar-refractivity contribution in [3.05, 3.63) is 70.8 Å². The minimum absolute atomic E-state index is 0.361. The first-order valence-corrected chi connectivity index (χ1v) is 7.22. The Morgan fingerprint density at radius 1 is 1.05 bits per heavy atom. The van der Waals surface area contributed by atoms with Gasteiger partial charge in [-0.25, -0.2) is 4.98 Å². The molecular weight excluding hydrogens is 328 g/mol. The first-order valence-electron chi connectivity index (χ1n) is 6.42. The van der Waals surface area contributed by atoms with Crippen molar-refractivity contribution in [1.29, 1.82) is 0 Å². The molecule has 3 aromatic rings. The summed E-state index contributed by atoms with van der Waals surface area (Å²) < 4.78 is 2.66. The van der Waals surface area contributed by atoms with E-state index in [1.807, 2.05) is 54.6 Å². The number of halogens is 1. The lowest BCUT2D eigenvalue weighted by Crippen LogP contribution is -2.00. The maximum atomic E-state index is 5.90. The highest BCUT2D eigenvalue weighted by molar-refractivity contribution is 9.10. The number of benzene rings is 2. The molecule has 0 saturated carbocycles. The average molecular weight is 341 g/mol. The lowest BCUT2D eigenvalue weighted by molar-refractivity contribution is 0.906. The second kappa shape index (κ2) is 5.93. The summed E-state index contributed by atoms with van der Waals surface area (Å²) in [6, 6.07) is 17.8. The second-order valence-electron chi connectivity index (χ2n) is 4.48. The topological polar surface area (TPSA) is 56.2 Å². The predicted molar refractivity (Wildman–Crippen MR) is 89.2 cm³/mol. The van der Waals surface area contributed by atoms with E-state index < -0.39 is 0 Å². The Bertz CT molecular complexity index is 761. The van der Waals surface area contributed by atoms with Crippen molar-refractivity contribution in [3.63, 3.8) is 0 Å². The van der Waals surface area contributed by atoms with Crippen molar-refractivity contribution >= 4 is 28.1 Å². The number of nitrogens with two attached hydrogens (primary N) is 1. The Labute approximate surface area is 131 Å². The standard InChI is InChI=1S/C16H13BrN4/c17-14-8-6-13(7-9-14)15-11-19-16(18)21(15)20-10-12-4-2-1-3-5-12/h1-11H,(H2,18,19). The van der Waals surface area contributed by atoms with Crippen LogP contribution in [0, 0.1) is 0 Å². The fourth-order valence-corrected chi connectivity index (χ4v) is 2.23. The molecule has 0 saturated heterocycles. The zero-order valence-corrected chi connectivity index (χ0v) is 12.7. The van der Waals surface area contributed by atoms with Crippen LogP contribution in [-0.2, 0) is 0 Å². The van der Waals surface area contributed by atoms with Crippen LogP contribution < -0.4 is 5.73 Å². The van der Waals surface area contributed by atoms with Gasteiger partial charge in [-0.3, -0.25) is 0 Å². The van der Waals surface area contributed by atoms with Crippen LogP contribution in [0.4, 0.5) is 5.95 Å². The van der Waals surface area contributed by atoms with Crippen molar-refractivity contribution in [2.45, 2.75) is 0 Å². The molecule has 0 radical (unpaired) electrons. The molecule has 0 bridgehead atoms. The number of hydrogen-bond acceptors (Lipinski definition) is 3. The number of rotatable bonds is 3. The normalized spacial score (nSPS) is 11.1. The molecule has 0 unspecified atom stereocenters. The molecule has 0 aliphatic rings. The van der Waals surface area contributed by atoms with Crippen LogP contribution in [0.5, 0.6) is 0 Å². The first-order chi connectivity index (χ1) is 10.2. The Morgan fingerprint density at radius 3 is 2.48 bits per heavy atom. The van der Waals surface area contributed by atoms with Crippen molar-refractivity contribution in [2.75, 3.05) is 5.73 Å². The number of aromatic nitrogens is 2. The quantitative estimate of drug-likeness (QED) is 0.737. The number of anilines is 1. The smallest absolute Gasteiger partial charge is 0.221 e. The Kier molecular flexibility index (Phi) is 3.83. The van der Waals surface area contributed by atoms with Crippen LogP contribution in [0.2, 0.25) is 0 Å². The van der Waals surface area contributed by atoms with E-state index in [1.165, 1.54) is 0 Å². The van der Waals surface area contributed by atoms with E-state index in [4.69, 9.17) is 5.73 Å². The molecule has 4 nitrogen and oxygen atoms in total. The average Bonchev–Trinajstić information content (AvgIpc) is 2.88. The molecule has 5 heteroatoms. The Morgan fingerprint density at radius 2 is 1.76 bits per heavy atom.